The highest BCUT2D eigenvalue weighted by molar-refractivity contribution is 5.14. The van der Waals surface area contributed by atoms with Crippen LogP contribution in [0.25, 0.3) is 0 Å². The first-order chi connectivity index (χ1) is 7.80. The molecule has 1 aromatic heterocycles. The van der Waals surface area contributed by atoms with E-state index in [0.29, 0.717) is 6.04 Å². The minimum absolute atomic E-state index is 0.444. The Labute approximate surface area is 98.2 Å². The van der Waals surface area contributed by atoms with Gasteiger partial charge in [0.15, 0.2) is 0 Å². The molecule has 3 nitrogen and oxygen atoms in total. The van der Waals surface area contributed by atoms with Crippen LogP contribution in [0.2, 0.25) is 0 Å². The molecule has 0 aliphatic heterocycles. The van der Waals surface area contributed by atoms with Crippen molar-refractivity contribution in [3.63, 3.8) is 0 Å². The minimum atomic E-state index is 0.444. The molecule has 0 saturated heterocycles. The van der Waals surface area contributed by atoms with Crippen LogP contribution in [0, 0.1) is 0 Å². The average Bonchev–Trinajstić information content (AvgIpc) is 2.35. The molecule has 1 atom stereocenters. The number of nitrogens with one attached hydrogen (secondary N) is 1. The van der Waals surface area contributed by atoms with Crippen LogP contribution < -0.4 is 5.32 Å². The molecular weight excluding hydrogens is 200 g/mol. The maximum atomic E-state index is 5.09. The molecule has 0 amide bonds. The Morgan fingerprint density at radius 1 is 1.44 bits per heavy atom. The minimum Gasteiger partial charge on any atom is -0.385 e. The molecule has 1 aromatic rings. The number of pyridine rings is 1. The summed E-state index contributed by atoms with van der Waals surface area (Å²) >= 11 is 0. The Morgan fingerprint density at radius 2 is 2.25 bits per heavy atom. The number of aromatic nitrogens is 1. The van der Waals surface area contributed by atoms with Gasteiger partial charge in [-0.3, -0.25) is 4.98 Å². The molecule has 0 aliphatic rings. The van der Waals surface area contributed by atoms with E-state index in [1.807, 2.05) is 13.2 Å². The van der Waals surface area contributed by atoms with Gasteiger partial charge in [-0.25, -0.2) is 0 Å². The molecule has 1 heterocycles. The van der Waals surface area contributed by atoms with Gasteiger partial charge in [-0.05, 0) is 31.5 Å². The van der Waals surface area contributed by atoms with Crippen molar-refractivity contribution in [1.29, 1.82) is 0 Å². The summed E-state index contributed by atoms with van der Waals surface area (Å²) in [6.45, 7) is 2.93. The van der Waals surface area contributed by atoms with Crippen LogP contribution in [0.15, 0.2) is 18.3 Å². The van der Waals surface area contributed by atoms with E-state index >= 15 is 0 Å². The van der Waals surface area contributed by atoms with Crippen LogP contribution in [0.3, 0.4) is 0 Å². The number of nitrogens with zero attached hydrogens (tertiary/aromatic N) is 1. The van der Waals surface area contributed by atoms with Gasteiger partial charge in [0.25, 0.3) is 0 Å². The quantitative estimate of drug-likeness (QED) is 0.764. The van der Waals surface area contributed by atoms with Gasteiger partial charge in [-0.15, -0.1) is 0 Å². The Hall–Kier alpha value is -0.930. The first-order valence-corrected chi connectivity index (χ1v) is 5.90. The van der Waals surface area contributed by atoms with Crippen LogP contribution in [0.1, 0.15) is 24.6 Å². The maximum Gasteiger partial charge on any atom is 0.0477 e. The van der Waals surface area contributed by atoms with E-state index < -0.39 is 0 Å². The number of ether oxygens (including phenoxy) is 1. The predicted molar refractivity (Wildman–Crippen MR) is 66.7 cm³/mol. The molecule has 1 unspecified atom stereocenters. The SMILES string of the molecule is CCc1ccc(CC(CCOC)NC)nc1. The number of rotatable bonds is 7. The van der Waals surface area contributed by atoms with Gasteiger partial charge in [0, 0.05) is 38.1 Å². The van der Waals surface area contributed by atoms with Crippen LogP contribution in [-0.2, 0) is 17.6 Å². The second-order valence-corrected chi connectivity index (χ2v) is 3.98. The maximum absolute atomic E-state index is 5.09. The molecule has 1 N–H and O–H groups in total. The van der Waals surface area contributed by atoms with E-state index in [2.05, 4.69) is 29.4 Å². The van der Waals surface area contributed by atoms with Gasteiger partial charge in [0.05, 0.1) is 0 Å². The third-order valence-electron chi connectivity index (χ3n) is 2.83. The fourth-order valence-electron chi connectivity index (χ4n) is 1.65. The monoisotopic (exact) mass is 222 g/mol. The number of aryl methyl sites for hydroxylation is 1. The Kier molecular flexibility index (Phi) is 6.04. The molecule has 3 heteroatoms. The number of hydrogen-bond donors (Lipinski definition) is 1. The molecule has 0 aliphatic carbocycles. The molecule has 0 saturated carbocycles. The summed E-state index contributed by atoms with van der Waals surface area (Å²) in [4.78, 5) is 4.46. The van der Waals surface area contributed by atoms with Crippen LogP contribution in [0.4, 0.5) is 0 Å². The van der Waals surface area contributed by atoms with Crippen molar-refractivity contribution in [3.05, 3.63) is 29.6 Å². The third-order valence-corrected chi connectivity index (χ3v) is 2.83. The zero-order valence-corrected chi connectivity index (χ0v) is 10.5. The van der Waals surface area contributed by atoms with Crippen molar-refractivity contribution in [2.45, 2.75) is 32.2 Å². The van der Waals surface area contributed by atoms with Gasteiger partial charge in [0.1, 0.15) is 0 Å². The zero-order chi connectivity index (χ0) is 11.8. The second-order valence-electron chi connectivity index (χ2n) is 3.98. The first kappa shape index (κ1) is 13.1. The van der Waals surface area contributed by atoms with Crippen molar-refractivity contribution in [2.24, 2.45) is 0 Å². The van der Waals surface area contributed by atoms with Crippen molar-refractivity contribution >= 4 is 0 Å². The third kappa shape index (κ3) is 4.29. The second kappa shape index (κ2) is 7.36. The van der Waals surface area contributed by atoms with Crippen molar-refractivity contribution in [3.8, 4) is 0 Å². The van der Waals surface area contributed by atoms with Gasteiger partial charge < -0.3 is 10.1 Å². The Balaban J connectivity index is 2.49. The normalized spacial score (nSPS) is 12.7. The summed E-state index contributed by atoms with van der Waals surface area (Å²) in [6.07, 6.45) is 5.00. The van der Waals surface area contributed by atoms with Gasteiger partial charge in [-0.1, -0.05) is 13.0 Å². The largest absolute Gasteiger partial charge is 0.385 e. The summed E-state index contributed by atoms with van der Waals surface area (Å²) in [5, 5.41) is 3.29. The lowest BCUT2D eigenvalue weighted by molar-refractivity contribution is 0.183. The first-order valence-electron chi connectivity index (χ1n) is 5.90. The number of hydrogen-bond acceptors (Lipinski definition) is 3. The molecule has 90 valence electrons. The van der Waals surface area contributed by atoms with E-state index in [0.717, 1.165) is 31.6 Å². The van der Waals surface area contributed by atoms with E-state index in [9.17, 15) is 0 Å². The number of methoxy groups -OCH3 is 1. The average molecular weight is 222 g/mol. The summed E-state index contributed by atoms with van der Waals surface area (Å²) < 4.78 is 5.09. The molecule has 16 heavy (non-hydrogen) atoms. The van der Waals surface area contributed by atoms with Crippen molar-refractivity contribution in [1.82, 2.24) is 10.3 Å². The summed E-state index contributed by atoms with van der Waals surface area (Å²) in [6, 6.07) is 4.72. The molecule has 0 aromatic carbocycles. The van der Waals surface area contributed by atoms with Crippen LogP contribution in [0.5, 0.6) is 0 Å². The molecule has 0 spiro atoms. The van der Waals surface area contributed by atoms with E-state index in [1.165, 1.54) is 5.56 Å². The predicted octanol–water partition coefficient (Wildman–Crippen LogP) is 1.81. The van der Waals surface area contributed by atoms with Gasteiger partial charge >= 0.3 is 0 Å². The summed E-state index contributed by atoms with van der Waals surface area (Å²) in [5.74, 6) is 0. The molecule has 1 rings (SSSR count). The number of likely N-dealkylation sites (N-methyl/N-ethyl adjacent to an activating group) is 1. The summed E-state index contributed by atoms with van der Waals surface area (Å²) in [7, 11) is 3.72. The lowest BCUT2D eigenvalue weighted by Gasteiger charge is -2.15. The smallest absolute Gasteiger partial charge is 0.0477 e. The lowest BCUT2D eigenvalue weighted by Crippen LogP contribution is -2.29. The Morgan fingerprint density at radius 3 is 2.75 bits per heavy atom. The molecule has 0 bridgehead atoms. The lowest BCUT2D eigenvalue weighted by atomic mass is 10.1. The fraction of sp³-hybridized carbons (Fsp3) is 0.615. The van der Waals surface area contributed by atoms with Crippen LogP contribution >= 0.6 is 0 Å². The highest BCUT2D eigenvalue weighted by Gasteiger charge is 2.07. The van der Waals surface area contributed by atoms with Crippen LogP contribution in [-0.4, -0.2) is 31.8 Å². The molecule has 0 radical (unpaired) electrons. The van der Waals surface area contributed by atoms with Crippen molar-refractivity contribution < 1.29 is 4.74 Å². The zero-order valence-electron chi connectivity index (χ0n) is 10.5. The highest BCUT2D eigenvalue weighted by Crippen LogP contribution is 2.05. The molecule has 0 fully saturated rings. The van der Waals surface area contributed by atoms with E-state index in [4.69, 9.17) is 4.74 Å². The van der Waals surface area contributed by atoms with E-state index in [-0.39, 0.29) is 0 Å². The van der Waals surface area contributed by atoms with Crippen molar-refractivity contribution in [2.75, 3.05) is 20.8 Å². The molecular formula is C13H22N2O. The summed E-state index contributed by atoms with van der Waals surface area (Å²) in [5.41, 5.74) is 2.44. The highest BCUT2D eigenvalue weighted by atomic mass is 16.5. The fourth-order valence-corrected chi connectivity index (χ4v) is 1.65. The van der Waals surface area contributed by atoms with E-state index in [1.54, 1.807) is 7.11 Å². The van der Waals surface area contributed by atoms with Gasteiger partial charge in [-0.2, -0.15) is 0 Å². The Bertz CT molecular complexity index is 284. The van der Waals surface area contributed by atoms with Gasteiger partial charge in [0.2, 0.25) is 0 Å². The standard InChI is InChI=1S/C13H22N2O/c1-4-11-5-6-13(15-10-11)9-12(14-2)7-8-16-3/h5-6,10,12,14H,4,7-9H2,1-3H3. The topological polar surface area (TPSA) is 34.1 Å².